The van der Waals surface area contributed by atoms with Crippen LogP contribution in [0.3, 0.4) is 0 Å². The number of para-hydroxylation sites is 1. The van der Waals surface area contributed by atoms with E-state index in [1.54, 1.807) is 0 Å². The van der Waals surface area contributed by atoms with Gasteiger partial charge in [0, 0.05) is 12.0 Å². The van der Waals surface area contributed by atoms with Gasteiger partial charge in [-0.3, -0.25) is 0 Å². The molecule has 0 spiro atoms. The molecule has 0 saturated carbocycles. The zero-order valence-corrected chi connectivity index (χ0v) is 12.7. The fraction of sp³-hybridized carbons (Fsp3) is 0.471. The van der Waals surface area contributed by atoms with Crippen LogP contribution in [0.15, 0.2) is 36.4 Å². The molecule has 0 N–H and O–H groups in total. The summed E-state index contributed by atoms with van der Waals surface area (Å²) in [7, 11) is 0. The normalized spacial score (nSPS) is 13.6. The first-order valence-corrected chi connectivity index (χ1v) is 7.11. The third kappa shape index (κ3) is 4.02. The predicted octanol–water partition coefficient (Wildman–Crippen LogP) is 4.13. The molecule has 0 fully saturated rings. The van der Waals surface area contributed by atoms with Gasteiger partial charge in [-0.2, -0.15) is 0 Å². The van der Waals surface area contributed by atoms with Gasteiger partial charge in [-0.25, -0.2) is 4.98 Å². The SMILES string of the molecule is CCOC(COC(C)(C)C)c1ccc2ccccc2n1. The molecule has 1 aromatic heterocycles. The summed E-state index contributed by atoms with van der Waals surface area (Å²) in [6, 6.07) is 12.2. The fourth-order valence-corrected chi connectivity index (χ4v) is 2.01. The zero-order valence-electron chi connectivity index (χ0n) is 12.7. The number of ether oxygens (including phenoxy) is 2. The molecule has 0 radical (unpaired) electrons. The van der Waals surface area contributed by atoms with Crippen LogP contribution in [0.2, 0.25) is 0 Å². The zero-order chi connectivity index (χ0) is 14.6. The van der Waals surface area contributed by atoms with Gasteiger partial charge in [-0.1, -0.05) is 24.3 Å². The number of pyridine rings is 1. The van der Waals surface area contributed by atoms with Gasteiger partial charge in [-0.15, -0.1) is 0 Å². The van der Waals surface area contributed by atoms with Crippen molar-refractivity contribution in [3.63, 3.8) is 0 Å². The van der Waals surface area contributed by atoms with E-state index < -0.39 is 0 Å². The van der Waals surface area contributed by atoms with Gasteiger partial charge >= 0.3 is 0 Å². The minimum Gasteiger partial charge on any atom is -0.373 e. The van der Waals surface area contributed by atoms with Gasteiger partial charge in [0.25, 0.3) is 0 Å². The topological polar surface area (TPSA) is 31.4 Å². The Morgan fingerprint density at radius 1 is 1.10 bits per heavy atom. The summed E-state index contributed by atoms with van der Waals surface area (Å²) in [5, 5.41) is 1.14. The van der Waals surface area contributed by atoms with E-state index in [-0.39, 0.29) is 11.7 Å². The predicted molar refractivity (Wildman–Crippen MR) is 81.8 cm³/mol. The molecule has 108 valence electrons. The van der Waals surface area contributed by atoms with Crippen molar-refractivity contribution in [3.05, 3.63) is 42.1 Å². The molecular weight excluding hydrogens is 250 g/mol. The number of hydrogen-bond donors (Lipinski definition) is 0. The molecule has 1 unspecified atom stereocenters. The van der Waals surface area contributed by atoms with Crippen LogP contribution in [-0.4, -0.2) is 23.8 Å². The van der Waals surface area contributed by atoms with Gasteiger partial charge < -0.3 is 9.47 Å². The summed E-state index contributed by atoms with van der Waals surface area (Å²) in [4.78, 5) is 4.69. The average Bonchev–Trinajstić information content (AvgIpc) is 2.42. The number of fused-ring (bicyclic) bond motifs is 1. The number of rotatable bonds is 5. The average molecular weight is 273 g/mol. The van der Waals surface area contributed by atoms with Crippen LogP contribution >= 0.6 is 0 Å². The van der Waals surface area contributed by atoms with Gasteiger partial charge in [0.05, 0.1) is 23.4 Å². The molecule has 1 atom stereocenters. The second-order valence-electron chi connectivity index (χ2n) is 5.80. The molecular formula is C17H23NO2. The first-order valence-electron chi connectivity index (χ1n) is 7.11. The van der Waals surface area contributed by atoms with Crippen molar-refractivity contribution in [2.24, 2.45) is 0 Å². The molecule has 0 saturated heterocycles. The second kappa shape index (κ2) is 6.33. The van der Waals surface area contributed by atoms with E-state index in [0.29, 0.717) is 13.2 Å². The molecule has 20 heavy (non-hydrogen) atoms. The summed E-state index contributed by atoms with van der Waals surface area (Å²) in [6.45, 7) is 9.29. The third-order valence-corrected chi connectivity index (χ3v) is 2.99. The molecule has 0 bridgehead atoms. The Hall–Kier alpha value is -1.45. The molecule has 0 aliphatic carbocycles. The fourth-order valence-electron chi connectivity index (χ4n) is 2.01. The van der Waals surface area contributed by atoms with Crippen molar-refractivity contribution < 1.29 is 9.47 Å². The summed E-state index contributed by atoms with van der Waals surface area (Å²) in [5.41, 5.74) is 1.74. The van der Waals surface area contributed by atoms with Crippen molar-refractivity contribution >= 4 is 10.9 Å². The molecule has 1 aromatic carbocycles. The van der Waals surface area contributed by atoms with Gasteiger partial charge in [0.15, 0.2) is 0 Å². The van der Waals surface area contributed by atoms with Crippen molar-refractivity contribution in [3.8, 4) is 0 Å². The Morgan fingerprint density at radius 3 is 2.55 bits per heavy atom. The number of benzene rings is 1. The lowest BCUT2D eigenvalue weighted by Gasteiger charge is -2.24. The Bertz CT molecular complexity index is 560. The van der Waals surface area contributed by atoms with Crippen LogP contribution in [0.25, 0.3) is 10.9 Å². The molecule has 2 rings (SSSR count). The highest BCUT2D eigenvalue weighted by molar-refractivity contribution is 5.78. The van der Waals surface area contributed by atoms with Crippen molar-refractivity contribution in [1.82, 2.24) is 4.98 Å². The first kappa shape index (κ1) is 14.9. The largest absolute Gasteiger partial charge is 0.373 e. The number of nitrogens with zero attached hydrogens (tertiary/aromatic N) is 1. The van der Waals surface area contributed by atoms with Crippen LogP contribution < -0.4 is 0 Å². The molecule has 3 heteroatoms. The van der Waals surface area contributed by atoms with E-state index in [2.05, 4.69) is 17.1 Å². The lowest BCUT2D eigenvalue weighted by molar-refractivity contribution is -0.0729. The standard InChI is InChI=1S/C17H23NO2/c1-5-19-16(12-20-17(2,3)4)15-11-10-13-8-6-7-9-14(13)18-15/h6-11,16H,5,12H2,1-4H3. The second-order valence-corrected chi connectivity index (χ2v) is 5.80. The highest BCUT2D eigenvalue weighted by atomic mass is 16.5. The molecule has 3 nitrogen and oxygen atoms in total. The Labute approximate surface area is 120 Å². The number of aromatic nitrogens is 1. The highest BCUT2D eigenvalue weighted by Gasteiger charge is 2.18. The minimum absolute atomic E-state index is 0.121. The van der Waals surface area contributed by atoms with E-state index in [9.17, 15) is 0 Å². The maximum atomic E-state index is 5.85. The Balaban J connectivity index is 2.21. The highest BCUT2D eigenvalue weighted by Crippen LogP contribution is 2.21. The first-order chi connectivity index (χ1) is 9.49. The Kier molecular flexibility index (Phi) is 4.73. The van der Waals surface area contributed by atoms with E-state index >= 15 is 0 Å². The van der Waals surface area contributed by atoms with E-state index in [4.69, 9.17) is 9.47 Å². The molecule has 0 amide bonds. The van der Waals surface area contributed by atoms with Crippen LogP contribution in [0, 0.1) is 0 Å². The summed E-state index contributed by atoms with van der Waals surface area (Å²) >= 11 is 0. The lowest BCUT2D eigenvalue weighted by Crippen LogP contribution is -2.24. The van der Waals surface area contributed by atoms with Crippen LogP contribution in [-0.2, 0) is 9.47 Å². The van der Waals surface area contributed by atoms with Gasteiger partial charge in [-0.05, 0) is 39.8 Å². The minimum atomic E-state index is -0.174. The van der Waals surface area contributed by atoms with Gasteiger partial charge in [0.1, 0.15) is 6.10 Å². The summed E-state index contributed by atoms with van der Waals surface area (Å²) in [6.07, 6.45) is -0.121. The molecule has 2 aromatic rings. The van der Waals surface area contributed by atoms with Gasteiger partial charge in [0.2, 0.25) is 0 Å². The van der Waals surface area contributed by atoms with Crippen LogP contribution in [0.1, 0.15) is 39.5 Å². The maximum absolute atomic E-state index is 5.85. The monoisotopic (exact) mass is 273 g/mol. The van der Waals surface area contributed by atoms with Crippen LogP contribution in [0.4, 0.5) is 0 Å². The quantitative estimate of drug-likeness (QED) is 0.821. The maximum Gasteiger partial charge on any atom is 0.123 e. The van der Waals surface area contributed by atoms with E-state index in [1.165, 1.54) is 0 Å². The van der Waals surface area contributed by atoms with E-state index in [1.807, 2.05) is 52.0 Å². The van der Waals surface area contributed by atoms with Crippen molar-refractivity contribution in [2.45, 2.75) is 39.4 Å². The lowest BCUT2D eigenvalue weighted by atomic mass is 10.1. The van der Waals surface area contributed by atoms with Crippen molar-refractivity contribution in [2.75, 3.05) is 13.2 Å². The molecule has 0 aliphatic heterocycles. The molecule has 0 aliphatic rings. The van der Waals surface area contributed by atoms with E-state index in [0.717, 1.165) is 16.6 Å². The Morgan fingerprint density at radius 2 is 1.85 bits per heavy atom. The smallest absolute Gasteiger partial charge is 0.123 e. The number of hydrogen-bond acceptors (Lipinski definition) is 3. The third-order valence-electron chi connectivity index (χ3n) is 2.99. The summed E-state index contributed by atoms with van der Waals surface area (Å²) < 4.78 is 11.6. The molecule has 1 heterocycles. The summed E-state index contributed by atoms with van der Waals surface area (Å²) in [5.74, 6) is 0. The van der Waals surface area contributed by atoms with Crippen molar-refractivity contribution in [1.29, 1.82) is 0 Å². The van der Waals surface area contributed by atoms with Crippen LogP contribution in [0.5, 0.6) is 0 Å².